The summed E-state index contributed by atoms with van der Waals surface area (Å²) in [5.41, 5.74) is 5.18. The van der Waals surface area contributed by atoms with E-state index in [0.717, 1.165) is 5.56 Å². The Morgan fingerprint density at radius 3 is 2.17 bits per heavy atom. The number of nitrogens with two attached hydrogens (primary N) is 1. The van der Waals surface area contributed by atoms with E-state index in [1.54, 1.807) is 45.0 Å². The quantitative estimate of drug-likeness (QED) is 0.348. The molecule has 0 aliphatic rings. The summed E-state index contributed by atoms with van der Waals surface area (Å²) < 4.78 is 14.9. The Kier molecular flexibility index (Phi) is 7.38. The predicted octanol–water partition coefficient (Wildman–Crippen LogP) is 1.54. The number of hydrogen-bond acceptors (Lipinski definition) is 7. The zero-order chi connectivity index (χ0) is 18.2. The van der Waals surface area contributed by atoms with Crippen LogP contribution >= 0.6 is 0 Å². The number of carbonyl (C=O) groups excluding carboxylic acids is 3. The van der Waals surface area contributed by atoms with Gasteiger partial charge in [0.2, 0.25) is 0 Å². The molecule has 0 aliphatic heterocycles. The van der Waals surface area contributed by atoms with E-state index in [9.17, 15) is 14.4 Å². The van der Waals surface area contributed by atoms with Crippen LogP contribution in [0.1, 0.15) is 32.8 Å². The van der Waals surface area contributed by atoms with Crippen LogP contribution in [0.4, 0.5) is 0 Å². The zero-order valence-corrected chi connectivity index (χ0v) is 14.1. The molecule has 0 saturated heterocycles. The predicted molar refractivity (Wildman–Crippen MR) is 85.3 cm³/mol. The fourth-order valence-corrected chi connectivity index (χ4v) is 1.82. The average molecular weight is 337 g/mol. The molecule has 2 N–H and O–H groups in total. The summed E-state index contributed by atoms with van der Waals surface area (Å²) in [6, 6.07) is 8.96. The zero-order valence-electron chi connectivity index (χ0n) is 14.1. The lowest BCUT2D eigenvalue weighted by atomic mass is 10.1. The molecule has 1 rings (SSSR count). The lowest BCUT2D eigenvalue weighted by Gasteiger charge is -2.21. The molecule has 0 radical (unpaired) electrons. The molecule has 1 aromatic carbocycles. The third-order valence-corrected chi connectivity index (χ3v) is 2.81. The van der Waals surface area contributed by atoms with Crippen LogP contribution in [0.2, 0.25) is 0 Å². The van der Waals surface area contributed by atoms with Crippen molar-refractivity contribution in [2.24, 2.45) is 11.7 Å². The summed E-state index contributed by atoms with van der Waals surface area (Å²) >= 11 is 0. The first kappa shape index (κ1) is 19.6. The van der Waals surface area contributed by atoms with Crippen LogP contribution in [0.3, 0.4) is 0 Å². The van der Waals surface area contributed by atoms with Gasteiger partial charge in [-0.05, 0) is 26.3 Å². The number of rotatable bonds is 7. The second kappa shape index (κ2) is 9.02. The molecule has 0 fully saturated rings. The number of ether oxygens (including phenoxy) is 3. The second-order valence-electron chi connectivity index (χ2n) is 6.07. The van der Waals surface area contributed by atoms with Gasteiger partial charge in [0.1, 0.15) is 18.9 Å². The van der Waals surface area contributed by atoms with Crippen LogP contribution in [0.5, 0.6) is 0 Å². The van der Waals surface area contributed by atoms with E-state index in [4.69, 9.17) is 15.2 Å². The first-order valence-corrected chi connectivity index (χ1v) is 7.52. The third-order valence-electron chi connectivity index (χ3n) is 2.81. The highest BCUT2D eigenvalue weighted by Gasteiger charge is 2.34. The van der Waals surface area contributed by atoms with Gasteiger partial charge in [-0.3, -0.25) is 20.1 Å². The van der Waals surface area contributed by atoms with Crippen molar-refractivity contribution in [3.8, 4) is 0 Å². The summed E-state index contributed by atoms with van der Waals surface area (Å²) in [5.74, 6) is -3.88. The molecule has 132 valence electrons. The largest absolute Gasteiger partial charge is 0.460 e. The van der Waals surface area contributed by atoms with Gasteiger partial charge >= 0.3 is 17.9 Å². The van der Waals surface area contributed by atoms with Crippen molar-refractivity contribution in [1.29, 1.82) is 0 Å². The molecule has 0 bridgehead atoms. The average Bonchev–Trinajstić information content (AvgIpc) is 2.50. The summed E-state index contributed by atoms with van der Waals surface area (Å²) in [7, 11) is 0. The smallest absolute Gasteiger partial charge is 0.322 e. The van der Waals surface area contributed by atoms with Crippen molar-refractivity contribution in [3.05, 3.63) is 35.9 Å². The van der Waals surface area contributed by atoms with Crippen LogP contribution in [-0.4, -0.2) is 30.2 Å². The van der Waals surface area contributed by atoms with Crippen LogP contribution in [0, 0.1) is 5.92 Å². The summed E-state index contributed by atoms with van der Waals surface area (Å²) in [6.45, 7) is 4.65. The topological polar surface area (TPSA) is 105 Å². The second-order valence-corrected chi connectivity index (χ2v) is 6.07. The Morgan fingerprint density at radius 1 is 1.04 bits per heavy atom. The van der Waals surface area contributed by atoms with Gasteiger partial charge < -0.3 is 14.2 Å². The van der Waals surface area contributed by atoms with Crippen LogP contribution in [0.25, 0.3) is 0 Å². The number of hydrogen-bond donors (Lipinski definition) is 1. The van der Waals surface area contributed by atoms with Gasteiger partial charge in [0.25, 0.3) is 0 Å². The van der Waals surface area contributed by atoms with Crippen molar-refractivity contribution in [2.75, 3.05) is 6.73 Å². The Morgan fingerprint density at radius 2 is 1.62 bits per heavy atom. The Hall–Kier alpha value is -2.41. The molecular weight excluding hydrogens is 314 g/mol. The maximum atomic E-state index is 12.2. The number of esters is 3. The lowest BCUT2D eigenvalue weighted by molar-refractivity contribution is -0.170. The summed E-state index contributed by atoms with van der Waals surface area (Å²) in [5, 5.41) is 0. The van der Waals surface area contributed by atoms with Crippen molar-refractivity contribution >= 4 is 17.9 Å². The Balaban J connectivity index is 2.71. The summed E-state index contributed by atoms with van der Waals surface area (Å²) in [6.07, 6.45) is -0.469. The van der Waals surface area contributed by atoms with E-state index in [0.29, 0.717) is 0 Å². The molecule has 1 unspecified atom stereocenters. The molecule has 1 aromatic rings. The number of benzene rings is 1. The van der Waals surface area contributed by atoms with Crippen LogP contribution in [0.15, 0.2) is 30.3 Å². The van der Waals surface area contributed by atoms with Gasteiger partial charge in [-0.15, -0.1) is 0 Å². The molecule has 7 nitrogen and oxygen atoms in total. The molecule has 24 heavy (non-hydrogen) atoms. The third kappa shape index (κ3) is 7.23. The van der Waals surface area contributed by atoms with Crippen LogP contribution in [-0.2, 0) is 35.2 Å². The highest BCUT2D eigenvalue weighted by atomic mass is 16.6. The van der Waals surface area contributed by atoms with Gasteiger partial charge in [0, 0.05) is 0 Å². The van der Waals surface area contributed by atoms with Gasteiger partial charge in [0.15, 0.2) is 5.92 Å². The minimum atomic E-state index is -1.41. The van der Waals surface area contributed by atoms with E-state index in [-0.39, 0.29) is 6.61 Å². The molecule has 0 amide bonds. The normalized spacial score (nSPS) is 12.2. The first-order valence-electron chi connectivity index (χ1n) is 7.52. The van der Waals surface area contributed by atoms with Gasteiger partial charge in [-0.1, -0.05) is 30.3 Å². The fourth-order valence-electron chi connectivity index (χ4n) is 1.82. The Labute approximate surface area is 141 Å². The first-order chi connectivity index (χ1) is 11.2. The van der Waals surface area contributed by atoms with E-state index >= 15 is 0 Å². The molecular formula is C17H23NO6. The minimum absolute atomic E-state index is 0.0135. The molecule has 0 aliphatic carbocycles. The molecule has 0 spiro atoms. The lowest BCUT2D eigenvalue weighted by Crippen LogP contribution is -2.34. The van der Waals surface area contributed by atoms with E-state index in [1.165, 1.54) is 0 Å². The maximum absolute atomic E-state index is 12.2. The number of carbonyl (C=O) groups is 3. The van der Waals surface area contributed by atoms with Crippen molar-refractivity contribution in [1.82, 2.24) is 0 Å². The van der Waals surface area contributed by atoms with Gasteiger partial charge in [-0.2, -0.15) is 0 Å². The van der Waals surface area contributed by atoms with Crippen molar-refractivity contribution in [2.45, 2.75) is 39.4 Å². The SMILES string of the molecule is CC(C)(C)OC(=O)CC(C(=O)OCN)C(=O)OCc1ccccc1. The van der Waals surface area contributed by atoms with Crippen molar-refractivity contribution in [3.63, 3.8) is 0 Å². The standard InChI is InChI=1S/C17H23NO6/c1-17(2,3)24-14(19)9-13(16(21)23-11-18)15(20)22-10-12-7-5-4-6-8-12/h4-8,13H,9-11,18H2,1-3H3. The monoisotopic (exact) mass is 337 g/mol. The molecule has 0 saturated carbocycles. The van der Waals surface area contributed by atoms with Gasteiger partial charge in [0.05, 0.1) is 6.42 Å². The highest BCUT2D eigenvalue weighted by Crippen LogP contribution is 2.15. The van der Waals surface area contributed by atoms with E-state index in [1.807, 2.05) is 6.07 Å². The van der Waals surface area contributed by atoms with Crippen molar-refractivity contribution < 1.29 is 28.6 Å². The molecule has 7 heteroatoms. The van der Waals surface area contributed by atoms with Gasteiger partial charge in [-0.25, -0.2) is 0 Å². The maximum Gasteiger partial charge on any atom is 0.322 e. The molecule has 0 aromatic heterocycles. The summed E-state index contributed by atoms with van der Waals surface area (Å²) in [4.78, 5) is 35.9. The Bertz CT molecular complexity index is 564. The highest BCUT2D eigenvalue weighted by molar-refractivity contribution is 5.98. The van der Waals surface area contributed by atoms with E-state index in [2.05, 4.69) is 4.74 Å². The molecule has 0 heterocycles. The fraction of sp³-hybridized carbons (Fsp3) is 0.471. The van der Waals surface area contributed by atoms with E-state index < -0.39 is 42.6 Å². The minimum Gasteiger partial charge on any atom is -0.460 e. The van der Waals surface area contributed by atoms with Crippen LogP contribution < -0.4 is 5.73 Å². The molecule has 1 atom stereocenters.